The van der Waals surface area contributed by atoms with Crippen molar-refractivity contribution in [1.82, 2.24) is 14.8 Å². The van der Waals surface area contributed by atoms with Crippen LogP contribution < -0.4 is 5.32 Å². The van der Waals surface area contributed by atoms with E-state index in [4.69, 9.17) is 0 Å². The Bertz CT molecular complexity index is 697. The van der Waals surface area contributed by atoms with Crippen LogP contribution in [-0.2, 0) is 7.05 Å². The molecule has 2 aromatic heterocycles. The number of hydrogen-bond acceptors (Lipinski definition) is 3. The number of aryl methyl sites for hydroxylation is 1. The fourth-order valence-electron chi connectivity index (χ4n) is 2.35. The summed E-state index contributed by atoms with van der Waals surface area (Å²) in [6, 6.07) is 12.4. The minimum absolute atomic E-state index is 0.193. The second-order valence-corrected chi connectivity index (χ2v) is 4.62. The van der Waals surface area contributed by atoms with Crippen molar-refractivity contribution in [3.8, 4) is 0 Å². The maximum atomic E-state index is 4.37. The molecule has 0 spiro atoms. The van der Waals surface area contributed by atoms with Crippen molar-refractivity contribution in [2.24, 2.45) is 7.05 Å². The van der Waals surface area contributed by atoms with Crippen LogP contribution in [0, 0.1) is 0 Å². The highest BCUT2D eigenvalue weighted by Gasteiger charge is 2.10. The van der Waals surface area contributed by atoms with Gasteiger partial charge < -0.3 is 5.32 Å². The SMILES string of the molecule is CC(Nc1cccc2ncccc12)c1ccnn1C. The maximum Gasteiger partial charge on any atom is 0.0722 e. The van der Waals surface area contributed by atoms with Crippen LogP contribution in [0.2, 0.25) is 0 Å². The first kappa shape index (κ1) is 11.7. The molecule has 1 atom stereocenters. The highest BCUT2D eigenvalue weighted by Crippen LogP contribution is 2.25. The predicted octanol–water partition coefficient (Wildman–Crippen LogP) is 3.14. The van der Waals surface area contributed by atoms with E-state index in [-0.39, 0.29) is 6.04 Å². The Morgan fingerprint density at radius 3 is 2.79 bits per heavy atom. The summed E-state index contributed by atoms with van der Waals surface area (Å²) in [5.41, 5.74) is 3.25. The number of nitrogens with one attached hydrogen (secondary N) is 1. The molecule has 4 heteroatoms. The summed E-state index contributed by atoms with van der Waals surface area (Å²) in [4.78, 5) is 4.37. The molecule has 4 nitrogen and oxygen atoms in total. The molecule has 0 aliphatic heterocycles. The van der Waals surface area contributed by atoms with E-state index in [0.29, 0.717) is 0 Å². The number of anilines is 1. The number of benzene rings is 1. The van der Waals surface area contributed by atoms with Crippen LogP contribution in [0.25, 0.3) is 10.9 Å². The van der Waals surface area contributed by atoms with Gasteiger partial charge in [0.2, 0.25) is 0 Å². The van der Waals surface area contributed by atoms with E-state index in [1.807, 2.05) is 48.4 Å². The lowest BCUT2D eigenvalue weighted by Crippen LogP contribution is -2.11. The molecule has 0 bridgehead atoms. The molecule has 0 radical (unpaired) electrons. The van der Waals surface area contributed by atoms with Crippen LogP contribution in [0.1, 0.15) is 18.7 Å². The summed E-state index contributed by atoms with van der Waals surface area (Å²) in [6.45, 7) is 2.13. The Hall–Kier alpha value is -2.36. The standard InChI is InChI=1S/C15H16N4/c1-11(15-8-10-17-19(15)2)18-14-7-3-6-13-12(14)5-4-9-16-13/h3-11,18H,1-2H3. The van der Waals surface area contributed by atoms with Crippen LogP contribution in [-0.4, -0.2) is 14.8 Å². The minimum atomic E-state index is 0.193. The van der Waals surface area contributed by atoms with Gasteiger partial charge in [0.1, 0.15) is 0 Å². The zero-order valence-electron chi connectivity index (χ0n) is 11.0. The molecule has 96 valence electrons. The topological polar surface area (TPSA) is 42.7 Å². The van der Waals surface area contributed by atoms with E-state index < -0.39 is 0 Å². The average molecular weight is 252 g/mol. The lowest BCUT2D eigenvalue weighted by Gasteiger charge is -2.17. The third-order valence-electron chi connectivity index (χ3n) is 3.32. The lowest BCUT2D eigenvalue weighted by molar-refractivity contribution is 0.676. The highest BCUT2D eigenvalue weighted by atomic mass is 15.3. The third kappa shape index (κ3) is 2.17. The monoisotopic (exact) mass is 252 g/mol. The fraction of sp³-hybridized carbons (Fsp3) is 0.200. The van der Waals surface area contributed by atoms with E-state index in [2.05, 4.69) is 34.5 Å². The molecule has 0 saturated carbocycles. The molecular formula is C15H16N4. The molecule has 0 fully saturated rings. The molecule has 0 aliphatic carbocycles. The first-order valence-corrected chi connectivity index (χ1v) is 6.34. The number of hydrogen-bond donors (Lipinski definition) is 1. The summed E-state index contributed by atoms with van der Waals surface area (Å²) in [6.07, 6.45) is 3.63. The van der Waals surface area contributed by atoms with Crippen molar-refractivity contribution >= 4 is 16.6 Å². The Labute approximate surface area is 112 Å². The molecule has 0 amide bonds. The third-order valence-corrected chi connectivity index (χ3v) is 3.32. The van der Waals surface area contributed by atoms with Gasteiger partial charge in [0.25, 0.3) is 0 Å². The van der Waals surface area contributed by atoms with E-state index in [1.165, 1.54) is 0 Å². The predicted molar refractivity (Wildman–Crippen MR) is 77.0 cm³/mol. The number of pyridine rings is 1. The van der Waals surface area contributed by atoms with Gasteiger partial charge in [0.05, 0.1) is 17.3 Å². The molecule has 1 aromatic carbocycles. The Balaban J connectivity index is 1.96. The van der Waals surface area contributed by atoms with Crippen LogP contribution in [0.5, 0.6) is 0 Å². The van der Waals surface area contributed by atoms with Gasteiger partial charge in [-0.1, -0.05) is 6.07 Å². The van der Waals surface area contributed by atoms with Gasteiger partial charge >= 0.3 is 0 Å². The molecule has 1 N–H and O–H groups in total. The summed E-state index contributed by atoms with van der Waals surface area (Å²) < 4.78 is 1.89. The summed E-state index contributed by atoms with van der Waals surface area (Å²) in [5, 5.41) is 8.87. The number of aromatic nitrogens is 3. The molecule has 0 aliphatic rings. The van der Waals surface area contributed by atoms with Crippen LogP contribution in [0.4, 0.5) is 5.69 Å². The molecule has 3 rings (SSSR count). The second-order valence-electron chi connectivity index (χ2n) is 4.62. The zero-order chi connectivity index (χ0) is 13.2. The molecule has 3 aromatic rings. The van der Waals surface area contributed by atoms with Gasteiger partial charge in [-0.2, -0.15) is 5.10 Å². The van der Waals surface area contributed by atoms with Crippen molar-refractivity contribution in [2.75, 3.05) is 5.32 Å². The number of nitrogens with zero attached hydrogens (tertiary/aromatic N) is 3. The van der Waals surface area contributed by atoms with Gasteiger partial charge in [-0.05, 0) is 37.3 Å². The van der Waals surface area contributed by atoms with Crippen LogP contribution >= 0.6 is 0 Å². The zero-order valence-corrected chi connectivity index (χ0v) is 11.0. The van der Waals surface area contributed by atoms with Crippen LogP contribution in [0.15, 0.2) is 48.8 Å². The normalized spacial score (nSPS) is 12.5. The van der Waals surface area contributed by atoms with Gasteiger partial charge in [0, 0.05) is 30.5 Å². The van der Waals surface area contributed by atoms with E-state index in [1.54, 1.807) is 0 Å². The number of rotatable bonds is 3. The Kier molecular flexibility index (Phi) is 2.91. The fourth-order valence-corrected chi connectivity index (χ4v) is 2.35. The minimum Gasteiger partial charge on any atom is -0.376 e. The van der Waals surface area contributed by atoms with Gasteiger partial charge in [-0.3, -0.25) is 9.67 Å². The largest absolute Gasteiger partial charge is 0.376 e. The second kappa shape index (κ2) is 4.72. The smallest absolute Gasteiger partial charge is 0.0722 e. The van der Waals surface area contributed by atoms with Gasteiger partial charge in [-0.25, -0.2) is 0 Å². The van der Waals surface area contributed by atoms with Crippen molar-refractivity contribution in [2.45, 2.75) is 13.0 Å². The quantitative estimate of drug-likeness (QED) is 0.778. The molecule has 1 unspecified atom stereocenters. The molecular weight excluding hydrogens is 236 g/mol. The van der Waals surface area contributed by atoms with Crippen molar-refractivity contribution in [1.29, 1.82) is 0 Å². The molecule has 2 heterocycles. The summed E-state index contributed by atoms with van der Waals surface area (Å²) in [7, 11) is 1.96. The maximum absolute atomic E-state index is 4.37. The Morgan fingerprint density at radius 1 is 1.11 bits per heavy atom. The van der Waals surface area contributed by atoms with Crippen molar-refractivity contribution < 1.29 is 0 Å². The van der Waals surface area contributed by atoms with Gasteiger partial charge in [0.15, 0.2) is 0 Å². The van der Waals surface area contributed by atoms with Crippen LogP contribution in [0.3, 0.4) is 0 Å². The van der Waals surface area contributed by atoms with E-state index in [9.17, 15) is 0 Å². The highest BCUT2D eigenvalue weighted by molar-refractivity contribution is 5.91. The summed E-state index contributed by atoms with van der Waals surface area (Å²) >= 11 is 0. The molecule has 19 heavy (non-hydrogen) atoms. The first-order chi connectivity index (χ1) is 9.25. The average Bonchev–Trinajstić information content (AvgIpc) is 2.85. The molecule has 0 saturated heterocycles. The van der Waals surface area contributed by atoms with E-state index >= 15 is 0 Å². The Morgan fingerprint density at radius 2 is 2.00 bits per heavy atom. The van der Waals surface area contributed by atoms with Crippen molar-refractivity contribution in [3.05, 3.63) is 54.5 Å². The van der Waals surface area contributed by atoms with Crippen molar-refractivity contribution in [3.63, 3.8) is 0 Å². The lowest BCUT2D eigenvalue weighted by atomic mass is 10.1. The number of fused-ring (bicyclic) bond motifs is 1. The first-order valence-electron chi connectivity index (χ1n) is 6.34. The summed E-state index contributed by atoms with van der Waals surface area (Å²) in [5.74, 6) is 0. The van der Waals surface area contributed by atoms with Gasteiger partial charge in [-0.15, -0.1) is 0 Å². The van der Waals surface area contributed by atoms with E-state index in [0.717, 1.165) is 22.3 Å².